The van der Waals surface area contributed by atoms with Crippen LogP contribution in [-0.4, -0.2) is 23.5 Å². The lowest BCUT2D eigenvalue weighted by molar-refractivity contribution is 0.103. The van der Waals surface area contributed by atoms with E-state index in [1.54, 1.807) is 11.9 Å². The highest BCUT2D eigenvalue weighted by Crippen LogP contribution is 2.18. The predicted octanol–water partition coefficient (Wildman–Crippen LogP) is 1.01. The molecule has 1 heterocycles. The van der Waals surface area contributed by atoms with Gasteiger partial charge in [-0.1, -0.05) is 18.9 Å². The Morgan fingerprint density at radius 3 is 3.10 bits per heavy atom. The lowest BCUT2D eigenvalue weighted by Crippen LogP contribution is -2.32. The Bertz CT molecular complexity index is 93.6. The standard InChI is InChI=1S/C7H15NOS/c1-2-7(9)6-3-4-10-8-5-6/h6-9H,2-5H2,1H3. The molecule has 2 unspecified atom stereocenters. The SMILES string of the molecule is CCC(O)C1CCSNC1. The van der Waals surface area contributed by atoms with E-state index in [2.05, 4.69) is 4.72 Å². The van der Waals surface area contributed by atoms with Gasteiger partial charge in [0.2, 0.25) is 0 Å². The Morgan fingerprint density at radius 2 is 2.60 bits per heavy atom. The molecule has 2 atom stereocenters. The van der Waals surface area contributed by atoms with E-state index < -0.39 is 0 Å². The van der Waals surface area contributed by atoms with Gasteiger partial charge in [-0.2, -0.15) is 0 Å². The Hall–Kier alpha value is 0.270. The number of aliphatic hydroxyl groups excluding tert-OH is 1. The fraction of sp³-hybridized carbons (Fsp3) is 1.00. The summed E-state index contributed by atoms with van der Waals surface area (Å²) in [5.74, 6) is 1.63. The van der Waals surface area contributed by atoms with Crippen molar-refractivity contribution in [2.45, 2.75) is 25.9 Å². The molecule has 0 aromatic carbocycles. The van der Waals surface area contributed by atoms with Crippen molar-refractivity contribution in [2.75, 3.05) is 12.3 Å². The summed E-state index contributed by atoms with van der Waals surface area (Å²) in [7, 11) is 0. The molecule has 10 heavy (non-hydrogen) atoms. The molecule has 0 bridgehead atoms. The zero-order valence-electron chi connectivity index (χ0n) is 6.34. The molecule has 1 aliphatic heterocycles. The smallest absolute Gasteiger partial charge is 0.0578 e. The van der Waals surface area contributed by atoms with E-state index in [-0.39, 0.29) is 6.10 Å². The van der Waals surface area contributed by atoms with Crippen LogP contribution >= 0.6 is 11.9 Å². The van der Waals surface area contributed by atoms with Gasteiger partial charge in [0.15, 0.2) is 0 Å². The van der Waals surface area contributed by atoms with Gasteiger partial charge in [-0.3, -0.25) is 4.72 Å². The van der Waals surface area contributed by atoms with E-state index in [4.69, 9.17) is 0 Å². The molecule has 1 saturated heterocycles. The Morgan fingerprint density at radius 1 is 1.80 bits per heavy atom. The van der Waals surface area contributed by atoms with Gasteiger partial charge in [-0.05, 0) is 18.8 Å². The van der Waals surface area contributed by atoms with E-state index in [9.17, 15) is 5.11 Å². The van der Waals surface area contributed by atoms with Crippen LogP contribution in [0.25, 0.3) is 0 Å². The predicted molar refractivity (Wildman–Crippen MR) is 44.9 cm³/mol. The van der Waals surface area contributed by atoms with Crippen molar-refractivity contribution >= 4 is 11.9 Å². The van der Waals surface area contributed by atoms with Crippen LogP contribution in [0.1, 0.15) is 19.8 Å². The number of aliphatic hydroxyl groups is 1. The first-order valence-electron chi connectivity index (χ1n) is 3.87. The third-order valence-corrected chi connectivity index (χ3v) is 2.81. The Balaban J connectivity index is 2.24. The average molecular weight is 161 g/mol. The molecule has 0 aliphatic carbocycles. The zero-order chi connectivity index (χ0) is 7.40. The van der Waals surface area contributed by atoms with E-state index in [0.29, 0.717) is 5.92 Å². The van der Waals surface area contributed by atoms with Crippen molar-refractivity contribution in [3.05, 3.63) is 0 Å². The van der Waals surface area contributed by atoms with Crippen LogP contribution in [0, 0.1) is 5.92 Å². The largest absolute Gasteiger partial charge is 0.393 e. The van der Waals surface area contributed by atoms with Crippen LogP contribution in [0.5, 0.6) is 0 Å². The van der Waals surface area contributed by atoms with Crippen LogP contribution in [0.4, 0.5) is 0 Å². The Labute approximate surface area is 66.5 Å². The summed E-state index contributed by atoms with van der Waals surface area (Å²) in [6.45, 7) is 3.01. The van der Waals surface area contributed by atoms with Crippen molar-refractivity contribution in [1.82, 2.24) is 4.72 Å². The topological polar surface area (TPSA) is 32.3 Å². The first-order valence-corrected chi connectivity index (χ1v) is 4.86. The van der Waals surface area contributed by atoms with Gasteiger partial charge >= 0.3 is 0 Å². The highest BCUT2D eigenvalue weighted by molar-refractivity contribution is 7.97. The van der Waals surface area contributed by atoms with Crippen molar-refractivity contribution in [3.8, 4) is 0 Å². The first kappa shape index (κ1) is 8.37. The second-order valence-corrected chi connectivity index (χ2v) is 3.71. The van der Waals surface area contributed by atoms with E-state index >= 15 is 0 Å². The minimum atomic E-state index is -0.0894. The molecule has 1 rings (SSSR count). The number of rotatable bonds is 2. The summed E-state index contributed by atoms with van der Waals surface area (Å²) >= 11 is 1.77. The van der Waals surface area contributed by atoms with Crippen LogP contribution in [0.2, 0.25) is 0 Å². The van der Waals surface area contributed by atoms with Crippen LogP contribution in [0.3, 0.4) is 0 Å². The third kappa shape index (κ3) is 2.15. The van der Waals surface area contributed by atoms with Crippen LogP contribution < -0.4 is 4.72 Å². The molecule has 0 saturated carbocycles. The quantitative estimate of drug-likeness (QED) is 0.593. The highest BCUT2D eigenvalue weighted by Gasteiger charge is 2.19. The minimum Gasteiger partial charge on any atom is -0.393 e. The lowest BCUT2D eigenvalue weighted by Gasteiger charge is -2.25. The van der Waals surface area contributed by atoms with Crippen molar-refractivity contribution < 1.29 is 5.11 Å². The summed E-state index contributed by atoms with van der Waals surface area (Å²) in [6, 6.07) is 0. The molecule has 0 aromatic heterocycles. The summed E-state index contributed by atoms with van der Waals surface area (Å²) in [6.07, 6.45) is 1.96. The second-order valence-electron chi connectivity index (χ2n) is 2.72. The van der Waals surface area contributed by atoms with Gasteiger partial charge in [0.1, 0.15) is 0 Å². The van der Waals surface area contributed by atoms with Gasteiger partial charge in [-0.15, -0.1) is 0 Å². The van der Waals surface area contributed by atoms with Gasteiger partial charge in [0.25, 0.3) is 0 Å². The molecule has 3 heteroatoms. The zero-order valence-corrected chi connectivity index (χ0v) is 7.16. The highest BCUT2D eigenvalue weighted by atomic mass is 32.2. The lowest BCUT2D eigenvalue weighted by atomic mass is 9.98. The van der Waals surface area contributed by atoms with E-state index in [1.807, 2.05) is 6.92 Å². The molecular formula is C7H15NOS. The fourth-order valence-electron chi connectivity index (χ4n) is 1.21. The molecule has 1 fully saturated rings. The molecule has 0 radical (unpaired) electrons. The van der Waals surface area contributed by atoms with Crippen molar-refractivity contribution in [2.24, 2.45) is 5.92 Å². The minimum absolute atomic E-state index is 0.0894. The summed E-state index contributed by atoms with van der Waals surface area (Å²) in [5.41, 5.74) is 0. The summed E-state index contributed by atoms with van der Waals surface area (Å²) < 4.78 is 3.21. The summed E-state index contributed by atoms with van der Waals surface area (Å²) in [4.78, 5) is 0. The molecule has 0 spiro atoms. The second kappa shape index (κ2) is 4.21. The number of hydrogen-bond acceptors (Lipinski definition) is 3. The molecule has 0 aromatic rings. The average Bonchev–Trinajstić information content (AvgIpc) is 2.05. The van der Waals surface area contributed by atoms with Gasteiger partial charge in [0, 0.05) is 12.3 Å². The molecule has 60 valence electrons. The Kier molecular flexibility index (Phi) is 3.52. The van der Waals surface area contributed by atoms with Crippen molar-refractivity contribution in [1.29, 1.82) is 0 Å². The van der Waals surface area contributed by atoms with E-state index in [1.165, 1.54) is 0 Å². The first-order chi connectivity index (χ1) is 4.84. The maximum Gasteiger partial charge on any atom is 0.0578 e. The molecular weight excluding hydrogens is 146 g/mol. The van der Waals surface area contributed by atoms with Gasteiger partial charge in [-0.25, -0.2) is 0 Å². The number of nitrogens with one attached hydrogen (secondary N) is 1. The fourth-order valence-corrected chi connectivity index (χ4v) is 2.11. The molecule has 2 N–H and O–H groups in total. The number of hydrogen-bond donors (Lipinski definition) is 2. The van der Waals surface area contributed by atoms with Crippen LogP contribution in [0.15, 0.2) is 0 Å². The maximum atomic E-state index is 9.43. The molecule has 0 amide bonds. The molecule has 1 aliphatic rings. The van der Waals surface area contributed by atoms with E-state index in [0.717, 1.165) is 25.1 Å². The normalized spacial score (nSPS) is 30.0. The van der Waals surface area contributed by atoms with Gasteiger partial charge < -0.3 is 5.11 Å². The van der Waals surface area contributed by atoms with Crippen LogP contribution in [-0.2, 0) is 0 Å². The monoisotopic (exact) mass is 161 g/mol. The van der Waals surface area contributed by atoms with Gasteiger partial charge in [0.05, 0.1) is 6.10 Å². The van der Waals surface area contributed by atoms with Crippen molar-refractivity contribution in [3.63, 3.8) is 0 Å². The summed E-state index contributed by atoms with van der Waals surface area (Å²) in [5, 5.41) is 9.43. The third-order valence-electron chi connectivity index (χ3n) is 2.00. The maximum absolute atomic E-state index is 9.43. The molecule has 2 nitrogen and oxygen atoms in total.